The Hall–Kier alpha value is -2.50. The molecule has 0 saturated carbocycles. The highest BCUT2D eigenvalue weighted by Gasteiger charge is 2.18. The number of anilines is 1. The van der Waals surface area contributed by atoms with Gasteiger partial charge in [0.15, 0.2) is 0 Å². The first kappa shape index (κ1) is 24.1. The van der Waals surface area contributed by atoms with E-state index in [1.807, 2.05) is 45.0 Å². The van der Waals surface area contributed by atoms with Crippen molar-refractivity contribution in [1.82, 2.24) is 10.3 Å². The lowest BCUT2D eigenvalue weighted by atomic mass is 10.1. The molecule has 1 atom stereocenters. The topological polar surface area (TPSA) is 68.4 Å². The van der Waals surface area contributed by atoms with Gasteiger partial charge in [-0.25, -0.2) is 0 Å². The Labute approximate surface area is 195 Å². The number of aliphatic hydroxyl groups is 1. The summed E-state index contributed by atoms with van der Waals surface area (Å²) < 4.78 is 0. The van der Waals surface area contributed by atoms with Gasteiger partial charge in [0.25, 0.3) is 5.91 Å². The van der Waals surface area contributed by atoms with Crippen LogP contribution < -0.4 is 10.2 Å². The van der Waals surface area contributed by atoms with Crippen molar-refractivity contribution in [2.75, 3.05) is 24.5 Å². The maximum absolute atomic E-state index is 12.8. The van der Waals surface area contributed by atoms with E-state index in [9.17, 15) is 9.90 Å². The lowest BCUT2D eigenvalue weighted by molar-refractivity contribution is 0.0911. The van der Waals surface area contributed by atoms with Crippen LogP contribution in [-0.4, -0.2) is 35.6 Å². The molecule has 1 aromatic heterocycles. The minimum absolute atomic E-state index is 0.154. The number of nitrogens with zero attached hydrogens (tertiary/aromatic N) is 1. The molecule has 1 aliphatic rings. The fourth-order valence-electron chi connectivity index (χ4n) is 4.24. The van der Waals surface area contributed by atoms with Gasteiger partial charge in [-0.05, 0) is 67.1 Å². The van der Waals surface area contributed by atoms with Gasteiger partial charge < -0.3 is 20.3 Å². The van der Waals surface area contributed by atoms with Gasteiger partial charge >= 0.3 is 0 Å². The summed E-state index contributed by atoms with van der Waals surface area (Å²) >= 11 is 6.12. The third-order valence-electron chi connectivity index (χ3n) is 5.90. The number of amides is 1. The van der Waals surface area contributed by atoms with Crippen molar-refractivity contribution in [3.63, 3.8) is 0 Å². The highest BCUT2D eigenvalue weighted by molar-refractivity contribution is 6.31. The SMILES string of the molecule is CC.CCc1c(C(=O)NCC(O)c2ccc(N3CCCCC3)cc2)[nH]c2ccc(Cl)cc12. The summed E-state index contributed by atoms with van der Waals surface area (Å²) in [6.45, 7) is 8.35. The Morgan fingerprint density at radius 2 is 1.81 bits per heavy atom. The number of aromatic nitrogens is 1. The molecule has 2 aromatic carbocycles. The number of fused-ring (bicyclic) bond motifs is 1. The Morgan fingerprint density at radius 1 is 1.12 bits per heavy atom. The largest absolute Gasteiger partial charge is 0.387 e. The van der Waals surface area contributed by atoms with E-state index >= 15 is 0 Å². The summed E-state index contributed by atoms with van der Waals surface area (Å²) in [6, 6.07) is 13.6. The number of benzene rings is 2. The summed E-state index contributed by atoms with van der Waals surface area (Å²) in [4.78, 5) is 18.4. The molecule has 0 radical (unpaired) electrons. The molecule has 3 aromatic rings. The van der Waals surface area contributed by atoms with Crippen molar-refractivity contribution in [2.45, 2.75) is 52.6 Å². The zero-order valence-corrected chi connectivity index (χ0v) is 20.0. The lowest BCUT2D eigenvalue weighted by Gasteiger charge is -2.29. The van der Waals surface area contributed by atoms with Gasteiger partial charge in [0.2, 0.25) is 0 Å². The molecule has 5 nitrogen and oxygen atoms in total. The number of aryl methyl sites for hydroxylation is 1. The Balaban J connectivity index is 0.00000141. The summed E-state index contributed by atoms with van der Waals surface area (Å²) in [5.74, 6) is -0.219. The Morgan fingerprint density at radius 3 is 2.47 bits per heavy atom. The first-order valence-electron chi connectivity index (χ1n) is 11.7. The quantitative estimate of drug-likeness (QED) is 0.435. The second-order valence-corrected chi connectivity index (χ2v) is 8.32. The van der Waals surface area contributed by atoms with Crippen molar-refractivity contribution >= 4 is 34.1 Å². The molecule has 1 amide bonds. The molecule has 0 aliphatic carbocycles. The number of rotatable bonds is 6. The van der Waals surface area contributed by atoms with Crippen molar-refractivity contribution in [2.24, 2.45) is 0 Å². The van der Waals surface area contributed by atoms with Crippen LogP contribution in [0.2, 0.25) is 5.02 Å². The number of H-pyrrole nitrogens is 1. The van der Waals surface area contributed by atoms with Crippen LogP contribution >= 0.6 is 11.6 Å². The molecule has 3 N–H and O–H groups in total. The number of halogens is 1. The number of nitrogens with one attached hydrogen (secondary N) is 2. The Bertz CT molecular complexity index is 1020. The third kappa shape index (κ3) is 5.45. The second kappa shape index (κ2) is 11.4. The van der Waals surface area contributed by atoms with Gasteiger partial charge in [-0.15, -0.1) is 0 Å². The van der Waals surface area contributed by atoms with E-state index in [2.05, 4.69) is 27.3 Å². The van der Waals surface area contributed by atoms with E-state index in [0.717, 1.165) is 35.1 Å². The molecule has 2 heterocycles. The summed E-state index contributed by atoms with van der Waals surface area (Å²) in [7, 11) is 0. The van der Waals surface area contributed by atoms with Crippen LogP contribution in [0.3, 0.4) is 0 Å². The molecular weight excluding hydrogens is 422 g/mol. The van der Waals surface area contributed by atoms with Crippen LogP contribution in [0, 0.1) is 0 Å². The molecule has 1 saturated heterocycles. The molecule has 1 fully saturated rings. The predicted molar refractivity (Wildman–Crippen MR) is 134 cm³/mol. The van der Waals surface area contributed by atoms with Crippen LogP contribution in [0.15, 0.2) is 42.5 Å². The standard InChI is InChI=1S/C24H28ClN3O2.C2H6/c1-2-19-20-14-17(25)8-11-21(20)27-23(19)24(30)26-15-22(29)16-6-9-18(10-7-16)28-12-4-3-5-13-28;1-2/h6-11,14,22,27,29H,2-5,12-13,15H2,1H3,(H,26,30);1-2H3. The molecule has 32 heavy (non-hydrogen) atoms. The Kier molecular flexibility index (Phi) is 8.60. The smallest absolute Gasteiger partial charge is 0.268 e. The fourth-order valence-corrected chi connectivity index (χ4v) is 4.41. The normalized spacial score (nSPS) is 14.6. The minimum Gasteiger partial charge on any atom is -0.387 e. The number of aromatic amines is 1. The van der Waals surface area contributed by atoms with Crippen molar-refractivity contribution in [3.8, 4) is 0 Å². The van der Waals surface area contributed by atoms with E-state index in [4.69, 9.17) is 11.6 Å². The molecule has 0 spiro atoms. The zero-order valence-electron chi connectivity index (χ0n) is 19.2. The summed E-state index contributed by atoms with van der Waals surface area (Å²) in [5.41, 5.74) is 4.34. The number of hydrogen-bond acceptors (Lipinski definition) is 3. The van der Waals surface area contributed by atoms with Crippen molar-refractivity contribution < 1.29 is 9.90 Å². The molecule has 1 aliphatic heterocycles. The van der Waals surface area contributed by atoms with Crippen molar-refractivity contribution in [1.29, 1.82) is 0 Å². The van der Waals surface area contributed by atoms with Gasteiger partial charge in [0.1, 0.15) is 5.69 Å². The highest BCUT2D eigenvalue weighted by atomic mass is 35.5. The van der Waals surface area contributed by atoms with Gasteiger partial charge in [0.05, 0.1) is 6.10 Å². The maximum Gasteiger partial charge on any atom is 0.268 e. The van der Waals surface area contributed by atoms with Crippen LogP contribution in [0.4, 0.5) is 5.69 Å². The zero-order chi connectivity index (χ0) is 23.1. The number of hydrogen-bond donors (Lipinski definition) is 3. The molecule has 6 heteroatoms. The van der Waals surface area contributed by atoms with Crippen LogP contribution in [0.1, 0.15) is 67.8 Å². The molecule has 1 unspecified atom stereocenters. The minimum atomic E-state index is -0.756. The average Bonchev–Trinajstić information content (AvgIpc) is 3.22. The van der Waals surface area contributed by atoms with Crippen LogP contribution in [0.5, 0.6) is 0 Å². The summed E-state index contributed by atoms with van der Waals surface area (Å²) in [5, 5.41) is 15.0. The number of aliphatic hydroxyl groups excluding tert-OH is 1. The van der Waals surface area contributed by atoms with Gasteiger partial charge in [0, 0.05) is 41.2 Å². The highest BCUT2D eigenvalue weighted by Crippen LogP contribution is 2.26. The number of piperidine rings is 1. The average molecular weight is 456 g/mol. The van der Waals surface area contributed by atoms with E-state index < -0.39 is 6.10 Å². The van der Waals surface area contributed by atoms with Crippen molar-refractivity contribution in [3.05, 3.63) is 64.3 Å². The first-order chi connectivity index (χ1) is 15.6. The van der Waals surface area contributed by atoms with Crippen LogP contribution in [-0.2, 0) is 6.42 Å². The molecular formula is C26H34ClN3O2. The maximum atomic E-state index is 12.8. The van der Waals surface area contributed by atoms with E-state index in [1.165, 1.54) is 24.9 Å². The van der Waals surface area contributed by atoms with Gasteiger partial charge in [-0.3, -0.25) is 4.79 Å². The number of carbonyl (C=O) groups is 1. The second-order valence-electron chi connectivity index (χ2n) is 7.89. The van der Waals surface area contributed by atoms with E-state index in [0.29, 0.717) is 17.1 Å². The van der Waals surface area contributed by atoms with E-state index in [-0.39, 0.29) is 12.5 Å². The third-order valence-corrected chi connectivity index (χ3v) is 6.14. The molecule has 4 rings (SSSR count). The lowest BCUT2D eigenvalue weighted by Crippen LogP contribution is -2.30. The van der Waals surface area contributed by atoms with Crippen LogP contribution in [0.25, 0.3) is 10.9 Å². The predicted octanol–water partition coefficient (Wildman–Crippen LogP) is 5.86. The van der Waals surface area contributed by atoms with Gasteiger partial charge in [-0.1, -0.05) is 44.5 Å². The molecule has 172 valence electrons. The molecule has 0 bridgehead atoms. The fraction of sp³-hybridized carbons (Fsp3) is 0.423. The van der Waals surface area contributed by atoms with Gasteiger partial charge in [-0.2, -0.15) is 0 Å². The van der Waals surface area contributed by atoms with E-state index in [1.54, 1.807) is 6.07 Å². The summed E-state index contributed by atoms with van der Waals surface area (Å²) in [6.07, 6.45) is 3.72. The first-order valence-corrected chi connectivity index (χ1v) is 12.1. The number of carbonyl (C=O) groups excluding carboxylic acids is 1. The monoisotopic (exact) mass is 455 g/mol.